The highest BCUT2D eigenvalue weighted by molar-refractivity contribution is 6.34. The molecule has 0 bridgehead atoms. The van der Waals surface area contributed by atoms with Gasteiger partial charge in [-0.2, -0.15) is 0 Å². The molecule has 0 saturated carbocycles. The first-order chi connectivity index (χ1) is 8.45. The van der Waals surface area contributed by atoms with Crippen molar-refractivity contribution in [3.8, 4) is 12.3 Å². The molecule has 0 aromatic heterocycles. The van der Waals surface area contributed by atoms with E-state index in [0.717, 1.165) is 0 Å². The second-order valence-electron chi connectivity index (χ2n) is 3.49. The summed E-state index contributed by atoms with van der Waals surface area (Å²) in [5, 5.41) is 11.4. The molecule has 0 aliphatic heterocycles. The number of nitrogens with one attached hydrogen (secondary N) is 1. The molecule has 0 radical (unpaired) electrons. The number of rotatable bonds is 3. The third kappa shape index (κ3) is 3.40. The van der Waals surface area contributed by atoms with E-state index in [2.05, 4.69) is 11.2 Å². The summed E-state index contributed by atoms with van der Waals surface area (Å²) < 4.78 is 0. The van der Waals surface area contributed by atoms with Crippen molar-refractivity contribution < 1.29 is 14.7 Å². The zero-order valence-electron chi connectivity index (χ0n) is 9.61. The van der Waals surface area contributed by atoms with Crippen molar-refractivity contribution in [2.75, 3.05) is 18.9 Å². The number of hydrogen-bond donors (Lipinski definition) is 2. The molecule has 0 aliphatic carbocycles. The minimum atomic E-state index is -1.08. The highest BCUT2D eigenvalue weighted by Gasteiger charge is 2.11. The molecule has 0 unspecified atom stereocenters. The molecule has 1 aromatic carbocycles. The minimum Gasteiger partial charge on any atom is -0.478 e. The number of carbonyl (C=O) groups is 2. The molecule has 1 rings (SSSR count). The average molecular weight is 267 g/mol. The van der Waals surface area contributed by atoms with E-state index >= 15 is 0 Å². The molecule has 1 aromatic rings. The van der Waals surface area contributed by atoms with Gasteiger partial charge in [0.1, 0.15) is 0 Å². The fourth-order valence-corrected chi connectivity index (χ4v) is 1.40. The molecule has 2 N–H and O–H groups in total. The van der Waals surface area contributed by atoms with Gasteiger partial charge in [0.05, 0.1) is 22.8 Å². The van der Waals surface area contributed by atoms with Crippen molar-refractivity contribution in [3.05, 3.63) is 28.8 Å². The number of aromatic carboxylic acids is 1. The van der Waals surface area contributed by atoms with Crippen molar-refractivity contribution in [2.24, 2.45) is 0 Å². The van der Waals surface area contributed by atoms with E-state index in [-0.39, 0.29) is 17.1 Å². The Morgan fingerprint density at radius 3 is 2.72 bits per heavy atom. The zero-order chi connectivity index (χ0) is 13.7. The van der Waals surface area contributed by atoms with Gasteiger partial charge in [-0.15, -0.1) is 6.42 Å². The number of carbonyl (C=O) groups excluding carboxylic acids is 1. The molecule has 5 nitrogen and oxygen atoms in total. The van der Waals surface area contributed by atoms with Crippen molar-refractivity contribution >= 4 is 29.3 Å². The number of anilines is 1. The summed E-state index contributed by atoms with van der Waals surface area (Å²) in [5.74, 6) is 1.24. The first kappa shape index (κ1) is 13.9. The van der Waals surface area contributed by atoms with E-state index in [1.807, 2.05) is 0 Å². The van der Waals surface area contributed by atoms with Gasteiger partial charge in [0.15, 0.2) is 0 Å². The number of urea groups is 1. The number of nitrogens with zero attached hydrogens (tertiary/aromatic N) is 1. The number of benzene rings is 1. The number of carboxylic acid groups (broad SMARTS) is 1. The summed E-state index contributed by atoms with van der Waals surface area (Å²) in [4.78, 5) is 23.6. The van der Waals surface area contributed by atoms with E-state index in [0.29, 0.717) is 5.69 Å². The number of terminal acetylenes is 1. The summed E-state index contributed by atoms with van der Waals surface area (Å²) in [7, 11) is 1.54. The molecule has 0 fully saturated rings. The molecular formula is C12H11ClN2O3. The van der Waals surface area contributed by atoms with Crippen molar-refractivity contribution in [3.63, 3.8) is 0 Å². The van der Waals surface area contributed by atoms with Gasteiger partial charge in [-0.25, -0.2) is 9.59 Å². The Kier molecular flexibility index (Phi) is 4.58. The van der Waals surface area contributed by atoms with E-state index in [4.69, 9.17) is 23.1 Å². The lowest BCUT2D eigenvalue weighted by atomic mass is 10.2. The average Bonchev–Trinajstić information content (AvgIpc) is 2.31. The third-order valence-corrected chi connectivity index (χ3v) is 2.45. The maximum Gasteiger partial charge on any atom is 0.335 e. The molecule has 18 heavy (non-hydrogen) atoms. The van der Waals surface area contributed by atoms with E-state index < -0.39 is 12.0 Å². The molecule has 0 saturated heterocycles. The predicted molar refractivity (Wildman–Crippen MR) is 68.9 cm³/mol. The Morgan fingerprint density at radius 2 is 2.22 bits per heavy atom. The van der Waals surface area contributed by atoms with Gasteiger partial charge in [-0.05, 0) is 18.2 Å². The Morgan fingerprint density at radius 1 is 1.56 bits per heavy atom. The number of carboxylic acids is 1. The highest BCUT2D eigenvalue weighted by Crippen LogP contribution is 2.23. The molecule has 0 spiro atoms. The van der Waals surface area contributed by atoms with Crippen LogP contribution in [0.5, 0.6) is 0 Å². The van der Waals surface area contributed by atoms with Crippen LogP contribution in [0.15, 0.2) is 18.2 Å². The number of halogens is 1. The number of amides is 2. The Hall–Kier alpha value is -2.19. The first-order valence-corrected chi connectivity index (χ1v) is 5.32. The van der Waals surface area contributed by atoms with E-state index in [1.165, 1.54) is 30.1 Å². The van der Waals surface area contributed by atoms with Crippen LogP contribution in [-0.2, 0) is 0 Å². The van der Waals surface area contributed by atoms with Gasteiger partial charge >= 0.3 is 12.0 Å². The van der Waals surface area contributed by atoms with Crippen LogP contribution in [0.2, 0.25) is 5.02 Å². The largest absolute Gasteiger partial charge is 0.478 e. The standard InChI is InChI=1S/C12H11ClN2O3/c1-3-6-15(2)12(18)14-10-5-4-8(11(16)17)7-9(10)13/h1,4-5,7H,6H2,2H3,(H,14,18)(H,16,17). The van der Waals surface area contributed by atoms with Crippen LogP contribution < -0.4 is 5.32 Å². The molecule has 0 heterocycles. The van der Waals surface area contributed by atoms with E-state index in [1.54, 1.807) is 0 Å². The van der Waals surface area contributed by atoms with Crippen LogP contribution in [0, 0.1) is 12.3 Å². The third-order valence-electron chi connectivity index (χ3n) is 2.13. The summed E-state index contributed by atoms with van der Waals surface area (Å²) in [6, 6.07) is 3.62. The van der Waals surface area contributed by atoms with Crippen molar-refractivity contribution in [1.82, 2.24) is 4.90 Å². The quantitative estimate of drug-likeness (QED) is 0.824. The lowest BCUT2D eigenvalue weighted by Gasteiger charge is -2.15. The van der Waals surface area contributed by atoms with Crippen molar-refractivity contribution in [1.29, 1.82) is 0 Å². The molecule has 0 atom stereocenters. The molecule has 2 amide bonds. The van der Waals surface area contributed by atoms with Gasteiger partial charge in [-0.3, -0.25) is 0 Å². The lowest BCUT2D eigenvalue weighted by Crippen LogP contribution is -2.31. The van der Waals surface area contributed by atoms with Crippen LogP contribution in [0.1, 0.15) is 10.4 Å². The summed E-state index contributed by atoms with van der Waals surface area (Å²) in [6.07, 6.45) is 5.08. The Labute approximate surface area is 109 Å². The van der Waals surface area contributed by atoms with Crippen LogP contribution >= 0.6 is 11.6 Å². The fourth-order valence-electron chi connectivity index (χ4n) is 1.17. The van der Waals surface area contributed by atoms with Gasteiger partial charge < -0.3 is 15.3 Å². The topological polar surface area (TPSA) is 69.6 Å². The van der Waals surface area contributed by atoms with Gasteiger partial charge in [0.2, 0.25) is 0 Å². The number of hydrogen-bond acceptors (Lipinski definition) is 2. The van der Waals surface area contributed by atoms with E-state index in [9.17, 15) is 9.59 Å². The summed E-state index contributed by atoms with van der Waals surface area (Å²) in [6.45, 7) is 0.163. The van der Waals surface area contributed by atoms with Crippen molar-refractivity contribution in [2.45, 2.75) is 0 Å². The zero-order valence-corrected chi connectivity index (χ0v) is 10.4. The SMILES string of the molecule is C#CCN(C)C(=O)Nc1ccc(C(=O)O)cc1Cl. The second kappa shape index (κ2) is 5.94. The lowest BCUT2D eigenvalue weighted by molar-refractivity contribution is 0.0697. The van der Waals surface area contributed by atoms with Crippen LogP contribution in [0.4, 0.5) is 10.5 Å². The normalized spacial score (nSPS) is 9.39. The van der Waals surface area contributed by atoms with Gasteiger partial charge in [0, 0.05) is 7.05 Å². The highest BCUT2D eigenvalue weighted by atomic mass is 35.5. The monoisotopic (exact) mass is 266 g/mol. The molecule has 0 aliphatic rings. The smallest absolute Gasteiger partial charge is 0.335 e. The summed E-state index contributed by atoms with van der Waals surface area (Å²) in [5.41, 5.74) is 0.380. The summed E-state index contributed by atoms with van der Waals surface area (Å²) >= 11 is 5.86. The molecule has 94 valence electrons. The minimum absolute atomic E-state index is 0.0509. The Bertz CT molecular complexity index is 523. The fraction of sp³-hybridized carbons (Fsp3) is 0.167. The van der Waals surface area contributed by atoms with Gasteiger partial charge in [0.25, 0.3) is 0 Å². The predicted octanol–water partition coefficient (Wildman–Crippen LogP) is 2.14. The second-order valence-corrected chi connectivity index (χ2v) is 3.90. The molecule has 6 heteroatoms. The maximum atomic E-state index is 11.6. The van der Waals surface area contributed by atoms with Crippen LogP contribution in [0.3, 0.4) is 0 Å². The molecular weight excluding hydrogens is 256 g/mol. The van der Waals surface area contributed by atoms with Gasteiger partial charge in [-0.1, -0.05) is 17.5 Å². The first-order valence-electron chi connectivity index (χ1n) is 4.94. The Balaban J connectivity index is 2.83. The van der Waals surface area contributed by atoms with Crippen LogP contribution in [0.25, 0.3) is 0 Å². The van der Waals surface area contributed by atoms with Crippen LogP contribution in [-0.4, -0.2) is 35.6 Å². The maximum absolute atomic E-state index is 11.6.